The van der Waals surface area contributed by atoms with Gasteiger partial charge in [0.2, 0.25) is 0 Å². The number of amides is 1. The molecule has 2 N–H and O–H groups in total. The van der Waals surface area contributed by atoms with Crippen LogP contribution in [-0.4, -0.2) is 15.9 Å². The van der Waals surface area contributed by atoms with Crippen LogP contribution in [-0.2, 0) is 0 Å². The van der Waals surface area contributed by atoms with Crippen LogP contribution in [0.5, 0.6) is 0 Å². The fourth-order valence-corrected chi connectivity index (χ4v) is 1.99. The van der Waals surface area contributed by atoms with Crippen LogP contribution >= 0.6 is 11.6 Å². The van der Waals surface area contributed by atoms with E-state index in [-0.39, 0.29) is 5.69 Å². The standard InChI is InChI=1S/C15H10ClN3O3/c16-9-3-5-10(6-4-9)17-14(20)12-8-11(18-15(21)19-12)13-2-1-7-22-13/h1-8H,(H,17,20)(H,18,19,21). The number of anilines is 1. The van der Waals surface area contributed by atoms with Crippen LogP contribution in [0.1, 0.15) is 10.5 Å². The number of furan rings is 1. The minimum atomic E-state index is -0.629. The van der Waals surface area contributed by atoms with Gasteiger partial charge in [0, 0.05) is 10.7 Å². The van der Waals surface area contributed by atoms with Gasteiger partial charge in [-0.25, -0.2) is 4.79 Å². The summed E-state index contributed by atoms with van der Waals surface area (Å²) in [6, 6.07) is 11.4. The molecular weight excluding hydrogens is 306 g/mol. The number of hydrogen-bond acceptors (Lipinski definition) is 4. The van der Waals surface area contributed by atoms with Crippen molar-refractivity contribution in [2.45, 2.75) is 0 Å². The monoisotopic (exact) mass is 315 g/mol. The first kappa shape index (κ1) is 14.1. The minimum absolute atomic E-state index is 0.00917. The lowest BCUT2D eigenvalue weighted by Crippen LogP contribution is -2.21. The maximum Gasteiger partial charge on any atom is 0.346 e. The molecule has 22 heavy (non-hydrogen) atoms. The quantitative estimate of drug-likeness (QED) is 0.777. The summed E-state index contributed by atoms with van der Waals surface area (Å²) in [5.41, 5.74) is 0.294. The van der Waals surface area contributed by atoms with Crippen molar-refractivity contribution in [2.24, 2.45) is 0 Å². The van der Waals surface area contributed by atoms with Crippen molar-refractivity contribution in [3.8, 4) is 11.5 Å². The molecule has 6 nitrogen and oxygen atoms in total. The Morgan fingerprint density at radius 1 is 1.23 bits per heavy atom. The van der Waals surface area contributed by atoms with Gasteiger partial charge >= 0.3 is 5.69 Å². The van der Waals surface area contributed by atoms with Crippen LogP contribution in [0, 0.1) is 0 Å². The summed E-state index contributed by atoms with van der Waals surface area (Å²) >= 11 is 5.78. The number of carbonyl (C=O) groups excluding carboxylic acids is 1. The average Bonchev–Trinajstić information content (AvgIpc) is 3.03. The second-order valence-electron chi connectivity index (χ2n) is 4.42. The first-order valence-electron chi connectivity index (χ1n) is 6.34. The van der Waals surface area contributed by atoms with Crippen LogP contribution in [0.3, 0.4) is 0 Å². The second-order valence-corrected chi connectivity index (χ2v) is 4.86. The van der Waals surface area contributed by atoms with Crippen molar-refractivity contribution in [3.05, 3.63) is 69.9 Å². The van der Waals surface area contributed by atoms with E-state index in [1.165, 1.54) is 12.3 Å². The molecule has 110 valence electrons. The summed E-state index contributed by atoms with van der Waals surface area (Å²) in [6.45, 7) is 0. The normalized spacial score (nSPS) is 10.4. The summed E-state index contributed by atoms with van der Waals surface area (Å²) in [5, 5.41) is 3.20. The number of halogens is 1. The van der Waals surface area contributed by atoms with E-state index in [0.29, 0.717) is 22.2 Å². The van der Waals surface area contributed by atoms with E-state index in [0.717, 1.165) is 0 Å². The van der Waals surface area contributed by atoms with E-state index in [2.05, 4.69) is 15.3 Å². The highest BCUT2D eigenvalue weighted by atomic mass is 35.5. The number of H-pyrrole nitrogens is 1. The number of aromatic nitrogens is 2. The van der Waals surface area contributed by atoms with Crippen molar-refractivity contribution in [1.82, 2.24) is 9.97 Å². The Morgan fingerprint density at radius 2 is 2.00 bits per heavy atom. The third kappa shape index (κ3) is 3.07. The molecule has 7 heteroatoms. The predicted octanol–water partition coefficient (Wildman–Crippen LogP) is 2.94. The maximum atomic E-state index is 12.2. The summed E-state index contributed by atoms with van der Waals surface area (Å²) in [4.78, 5) is 30.0. The Labute approximate surface area is 129 Å². The highest BCUT2D eigenvalue weighted by molar-refractivity contribution is 6.30. The van der Waals surface area contributed by atoms with Crippen LogP contribution < -0.4 is 11.0 Å². The van der Waals surface area contributed by atoms with Gasteiger partial charge in [0.1, 0.15) is 11.5 Å². The molecule has 1 aromatic carbocycles. The molecule has 0 radical (unpaired) electrons. The summed E-state index contributed by atoms with van der Waals surface area (Å²) in [5.74, 6) is -0.0544. The molecule has 2 aromatic heterocycles. The molecule has 0 aliphatic heterocycles. The van der Waals surface area contributed by atoms with Crippen LogP contribution in [0.15, 0.2) is 57.9 Å². The largest absolute Gasteiger partial charge is 0.463 e. The Bertz CT molecular complexity index is 854. The molecule has 2 heterocycles. The van der Waals surface area contributed by atoms with E-state index in [1.807, 2.05) is 0 Å². The van der Waals surface area contributed by atoms with Gasteiger partial charge < -0.3 is 14.7 Å². The number of hydrogen-bond donors (Lipinski definition) is 2. The van der Waals surface area contributed by atoms with Gasteiger partial charge in [-0.15, -0.1) is 0 Å². The van der Waals surface area contributed by atoms with E-state index >= 15 is 0 Å². The van der Waals surface area contributed by atoms with E-state index in [1.54, 1.807) is 36.4 Å². The zero-order valence-corrected chi connectivity index (χ0v) is 11.9. The summed E-state index contributed by atoms with van der Waals surface area (Å²) in [7, 11) is 0. The van der Waals surface area contributed by atoms with E-state index in [4.69, 9.17) is 16.0 Å². The lowest BCUT2D eigenvalue weighted by molar-refractivity contribution is 0.102. The second kappa shape index (κ2) is 5.87. The number of rotatable bonds is 3. The predicted molar refractivity (Wildman–Crippen MR) is 82.0 cm³/mol. The Kier molecular flexibility index (Phi) is 3.76. The summed E-state index contributed by atoms with van der Waals surface area (Å²) in [6.07, 6.45) is 1.47. The molecule has 1 amide bonds. The molecule has 0 aliphatic carbocycles. The highest BCUT2D eigenvalue weighted by Gasteiger charge is 2.12. The number of benzene rings is 1. The SMILES string of the molecule is O=C(Nc1ccc(Cl)cc1)c1cc(-c2ccco2)[nH]c(=O)n1. The fraction of sp³-hybridized carbons (Fsp3) is 0. The lowest BCUT2D eigenvalue weighted by Gasteiger charge is -2.05. The molecule has 0 unspecified atom stereocenters. The molecule has 0 bridgehead atoms. The molecule has 0 atom stereocenters. The van der Waals surface area contributed by atoms with E-state index in [9.17, 15) is 9.59 Å². The average molecular weight is 316 g/mol. The van der Waals surface area contributed by atoms with Crippen molar-refractivity contribution >= 4 is 23.2 Å². The van der Waals surface area contributed by atoms with Gasteiger partial charge in [-0.05, 0) is 42.5 Å². The van der Waals surface area contributed by atoms with Gasteiger partial charge in [0.05, 0.1) is 12.0 Å². The molecular formula is C15H10ClN3O3. The van der Waals surface area contributed by atoms with Gasteiger partial charge in [-0.1, -0.05) is 11.6 Å². The van der Waals surface area contributed by atoms with Crippen molar-refractivity contribution in [3.63, 3.8) is 0 Å². The van der Waals surface area contributed by atoms with Gasteiger partial charge in [-0.3, -0.25) is 4.79 Å². The van der Waals surface area contributed by atoms with Crippen LogP contribution in [0.2, 0.25) is 5.02 Å². The lowest BCUT2D eigenvalue weighted by atomic mass is 10.2. The van der Waals surface area contributed by atoms with Crippen molar-refractivity contribution in [2.75, 3.05) is 5.32 Å². The molecule has 0 saturated carbocycles. The van der Waals surface area contributed by atoms with E-state index < -0.39 is 11.6 Å². The Morgan fingerprint density at radius 3 is 2.68 bits per heavy atom. The number of aromatic amines is 1. The fourth-order valence-electron chi connectivity index (χ4n) is 1.87. The van der Waals surface area contributed by atoms with Gasteiger partial charge in [0.25, 0.3) is 5.91 Å². The topological polar surface area (TPSA) is 88.0 Å². The molecule has 0 spiro atoms. The van der Waals surface area contributed by atoms with Crippen molar-refractivity contribution in [1.29, 1.82) is 0 Å². The first-order chi connectivity index (χ1) is 10.6. The summed E-state index contributed by atoms with van der Waals surface area (Å²) < 4.78 is 5.20. The Balaban J connectivity index is 1.89. The first-order valence-corrected chi connectivity index (χ1v) is 6.72. The van der Waals surface area contributed by atoms with Gasteiger partial charge in [0.15, 0.2) is 0 Å². The zero-order valence-electron chi connectivity index (χ0n) is 11.2. The molecule has 3 rings (SSSR count). The van der Waals surface area contributed by atoms with Gasteiger partial charge in [-0.2, -0.15) is 4.98 Å². The smallest absolute Gasteiger partial charge is 0.346 e. The molecule has 0 saturated heterocycles. The highest BCUT2D eigenvalue weighted by Crippen LogP contribution is 2.17. The number of nitrogens with zero attached hydrogens (tertiary/aromatic N) is 1. The van der Waals surface area contributed by atoms with Crippen molar-refractivity contribution < 1.29 is 9.21 Å². The number of nitrogens with one attached hydrogen (secondary N) is 2. The zero-order chi connectivity index (χ0) is 15.5. The molecule has 0 aliphatic rings. The third-order valence-corrected chi connectivity index (χ3v) is 3.12. The minimum Gasteiger partial charge on any atom is -0.463 e. The Hall–Kier alpha value is -2.86. The third-order valence-electron chi connectivity index (χ3n) is 2.87. The number of carbonyl (C=O) groups is 1. The maximum absolute atomic E-state index is 12.2. The molecule has 0 fully saturated rings. The van der Waals surface area contributed by atoms with Crippen LogP contribution in [0.4, 0.5) is 5.69 Å². The molecule has 3 aromatic rings. The van der Waals surface area contributed by atoms with Crippen LogP contribution in [0.25, 0.3) is 11.5 Å².